The number of fused-ring (bicyclic) bond motifs is 4. The van der Waals surface area contributed by atoms with E-state index in [1.54, 1.807) is 6.20 Å². The molecule has 162 valence electrons. The van der Waals surface area contributed by atoms with E-state index in [1.165, 1.54) is 7.11 Å². The Bertz CT molecular complexity index is 1340. The Balaban J connectivity index is 1.56. The summed E-state index contributed by atoms with van der Waals surface area (Å²) in [5.41, 5.74) is 2.38. The van der Waals surface area contributed by atoms with Crippen LogP contribution in [0.3, 0.4) is 0 Å². The molecule has 4 heterocycles. The van der Waals surface area contributed by atoms with Gasteiger partial charge in [0.1, 0.15) is 17.0 Å². The third-order valence-electron chi connectivity index (χ3n) is 6.71. The highest BCUT2D eigenvalue weighted by Crippen LogP contribution is 2.36. The molecule has 0 radical (unpaired) electrons. The molecule has 2 atom stereocenters. The summed E-state index contributed by atoms with van der Waals surface area (Å²) in [7, 11) is 1.51. The molecule has 0 spiro atoms. The molecule has 2 aliphatic heterocycles. The quantitative estimate of drug-likeness (QED) is 0.526. The Morgan fingerprint density at radius 3 is 2.56 bits per heavy atom. The Labute approximate surface area is 185 Å². The fraction of sp³-hybridized carbons (Fsp3) is 0.320. The van der Waals surface area contributed by atoms with Crippen molar-refractivity contribution in [2.45, 2.75) is 31.8 Å². The van der Waals surface area contributed by atoms with E-state index in [1.807, 2.05) is 43.3 Å². The number of halogens is 1. The van der Waals surface area contributed by atoms with Crippen LogP contribution in [0.15, 0.2) is 42.6 Å². The number of nitrogens with zero attached hydrogens (tertiary/aromatic N) is 4. The highest BCUT2D eigenvalue weighted by molar-refractivity contribution is 6.00. The van der Waals surface area contributed by atoms with E-state index in [0.717, 1.165) is 47.8 Å². The lowest BCUT2D eigenvalue weighted by Crippen LogP contribution is -2.51. The summed E-state index contributed by atoms with van der Waals surface area (Å²) in [6.45, 7) is 3.70. The van der Waals surface area contributed by atoms with Crippen molar-refractivity contribution in [3.63, 3.8) is 0 Å². The van der Waals surface area contributed by atoms with Gasteiger partial charge in [0.25, 0.3) is 0 Å². The molecule has 0 amide bonds. The predicted octanol–water partition coefficient (Wildman–Crippen LogP) is 4.24. The molecule has 2 fully saturated rings. The Morgan fingerprint density at radius 1 is 1.06 bits per heavy atom. The number of aromatic nitrogens is 3. The molecule has 0 aliphatic carbocycles. The van der Waals surface area contributed by atoms with Gasteiger partial charge in [-0.15, -0.1) is 0 Å². The van der Waals surface area contributed by atoms with Crippen LogP contribution in [0.5, 0.6) is 6.01 Å². The maximum absolute atomic E-state index is 16.0. The van der Waals surface area contributed by atoms with E-state index in [9.17, 15) is 0 Å². The van der Waals surface area contributed by atoms with E-state index < -0.39 is 5.82 Å². The number of anilines is 1. The molecule has 2 saturated heterocycles. The van der Waals surface area contributed by atoms with Gasteiger partial charge in [0.2, 0.25) is 0 Å². The van der Waals surface area contributed by atoms with Crippen molar-refractivity contribution >= 4 is 27.5 Å². The number of aryl methyl sites for hydroxylation is 1. The number of benzene rings is 2. The monoisotopic (exact) mass is 429 g/mol. The highest BCUT2D eigenvalue weighted by atomic mass is 19.1. The number of pyridine rings is 1. The average Bonchev–Trinajstić information content (AvgIpc) is 3.16. The van der Waals surface area contributed by atoms with Crippen molar-refractivity contribution in [1.82, 2.24) is 20.3 Å². The smallest absolute Gasteiger partial charge is 0.318 e. The van der Waals surface area contributed by atoms with Gasteiger partial charge in [0.15, 0.2) is 5.82 Å². The van der Waals surface area contributed by atoms with Gasteiger partial charge in [-0.05, 0) is 36.1 Å². The average molecular weight is 429 g/mol. The second-order valence-electron chi connectivity index (χ2n) is 8.74. The minimum atomic E-state index is -0.446. The molecule has 1 N–H and O–H groups in total. The van der Waals surface area contributed by atoms with Gasteiger partial charge in [-0.25, -0.2) is 4.39 Å². The molecule has 4 aromatic rings. The third kappa shape index (κ3) is 2.99. The molecule has 7 heteroatoms. The van der Waals surface area contributed by atoms with Crippen LogP contribution >= 0.6 is 0 Å². The summed E-state index contributed by atoms with van der Waals surface area (Å²) in [4.78, 5) is 15.8. The van der Waals surface area contributed by atoms with Gasteiger partial charge >= 0.3 is 6.01 Å². The van der Waals surface area contributed by atoms with Crippen molar-refractivity contribution in [2.75, 3.05) is 25.1 Å². The molecular weight excluding hydrogens is 405 g/mol. The number of hydrogen-bond donors (Lipinski definition) is 1. The lowest BCUT2D eigenvalue weighted by atomic mass is 9.97. The highest BCUT2D eigenvalue weighted by Gasteiger charge is 2.34. The topological polar surface area (TPSA) is 63.2 Å². The zero-order valence-corrected chi connectivity index (χ0v) is 18.1. The largest absolute Gasteiger partial charge is 0.467 e. The van der Waals surface area contributed by atoms with E-state index in [0.29, 0.717) is 29.0 Å². The maximum atomic E-state index is 16.0. The standard InChI is InChI=1S/C25H24FN5O/c1-14-5-3-6-15-7-4-8-18(20(14)15)22-21(26)23-19(11-27-22)24(30-25(29-23)32-2)31-12-16-9-10-17(13-31)28-16/h3-8,11,16-17,28H,9-10,12-13H2,1-2H3. The van der Waals surface area contributed by atoms with Crippen LogP contribution in [0.25, 0.3) is 32.9 Å². The van der Waals surface area contributed by atoms with Gasteiger partial charge in [0, 0.05) is 36.9 Å². The molecule has 2 aromatic carbocycles. The number of piperazine rings is 1. The van der Waals surface area contributed by atoms with Crippen molar-refractivity contribution < 1.29 is 9.13 Å². The first-order chi connectivity index (χ1) is 15.6. The first-order valence-electron chi connectivity index (χ1n) is 11.0. The van der Waals surface area contributed by atoms with Crippen molar-refractivity contribution in [2.24, 2.45) is 0 Å². The summed E-state index contributed by atoms with van der Waals surface area (Å²) in [5.74, 6) is 0.246. The summed E-state index contributed by atoms with van der Waals surface area (Å²) in [6.07, 6.45) is 4.01. The van der Waals surface area contributed by atoms with Crippen LogP contribution in [0, 0.1) is 12.7 Å². The lowest BCUT2D eigenvalue weighted by Gasteiger charge is -2.34. The van der Waals surface area contributed by atoms with Crippen LogP contribution in [0.4, 0.5) is 10.2 Å². The number of nitrogens with one attached hydrogen (secondary N) is 1. The first-order valence-corrected chi connectivity index (χ1v) is 11.0. The van der Waals surface area contributed by atoms with Crippen LogP contribution in [-0.4, -0.2) is 47.2 Å². The molecule has 6 rings (SSSR count). The van der Waals surface area contributed by atoms with E-state index in [-0.39, 0.29) is 11.5 Å². The van der Waals surface area contributed by atoms with Crippen molar-refractivity contribution in [3.8, 4) is 17.3 Å². The van der Waals surface area contributed by atoms with Crippen molar-refractivity contribution in [3.05, 3.63) is 54.0 Å². The molecular formula is C25H24FN5O. The van der Waals surface area contributed by atoms with Crippen molar-refractivity contribution in [1.29, 1.82) is 0 Å². The van der Waals surface area contributed by atoms with Crippen LogP contribution in [0.2, 0.25) is 0 Å². The molecule has 0 saturated carbocycles. The lowest BCUT2D eigenvalue weighted by molar-refractivity contribution is 0.380. The first kappa shape index (κ1) is 19.4. The second kappa shape index (κ2) is 7.38. The Kier molecular flexibility index (Phi) is 4.47. The van der Waals surface area contributed by atoms with E-state index in [4.69, 9.17) is 4.74 Å². The van der Waals surface area contributed by atoms with Gasteiger partial charge in [-0.2, -0.15) is 9.97 Å². The molecule has 6 nitrogen and oxygen atoms in total. The zero-order valence-electron chi connectivity index (χ0n) is 18.1. The minimum absolute atomic E-state index is 0.170. The summed E-state index contributed by atoms with van der Waals surface area (Å²) in [6, 6.07) is 13.0. The Hall–Kier alpha value is -3.32. The molecule has 2 aromatic heterocycles. The second-order valence-corrected chi connectivity index (χ2v) is 8.74. The maximum Gasteiger partial charge on any atom is 0.318 e. The number of rotatable bonds is 3. The normalized spacial score (nSPS) is 20.3. The van der Waals surface area contributed by atoms with Gasteiger partial charge in [-0.3, -0.25) is 4.98 Å². The van der Waals surface area contributed by atoms with Crippen LogP contribution in [-0.2, 0) is 0 Å². The molecule has 2 unspecified atom stereocenters. The number of methoxy groups -OCH3 is 1. The third-order valence-corrected chi connectivity index (χ3v) is 6.71. The summed E-state index contributed by atoms with van der Waals surface area (Å²) in [5, 5.41) is 6.30. The van der Waals surface area contributed by atoms with Crippen LogP contribution in [0.1, 0.15) is 18.4 Å². The fourth-order valence-electron chi connectivity index (χ4n) is 5.24. The number of hydrogen-bond acceptors (Lipinski definition) is 6. The van der Waals surface area contributed by atoms with E-state index in [2.05, 4.69) is 25.2 Å². The molecule has 2 bridgehead atoms. The Morgan fingerprint density at radius 2 is 1.81 bits per heavy atom. The fourth-order valence-corrected chi connectivity index (χ4v) is 5.24. The molecule has 32 heavy (non-hydrogen) atoms. The minimum Gasteiger partial charge on any atom is -0.467 e. The SMILES string of the molecule is COc1nc(N2CC3CCC(C2)N3)c2cnc(-c3cccc4cccc(C)c34)c(F)c2n1. The van der Waals surface area contributed by atoms with E-state index >= 15 is 4.39 Å². The summed E-state index contributed by atoms with van der Waals surface area (Å²) < 4.78 is 21.4. The summed E-state index contributed by atoms with van der Waals surface area (Å²) >= 11 is 0. The van der Waals surface area contributed by atoms with Crippen LogP contribution < -0.4 is 15.0 Å². The zero-order chi connectivity index (χ0) is 21.8. The molecule has 2 aliphatic rings. The number of ether oxygens (including phenoxy) is 1. The van der Waals surface area contributed by atoms with Gasteiger partial charge in [0.05, 0.1) is 12.5 Å². The predicted molar refractivity (Wildman–Crippen MR) is 124 cm³/mol. The van der Waals surface area contributed by atoms with Gasteiger partial charge in [-0.1, -0.05) is 36.4 Å². The van der Waals surface area contributed by atoms with Gasteiger partial charge < -0.3 is 15.0 Å².